The highest BCUT2D eigenvalue weighted by Crippen LogP contribution is 2.24. The Bertz CT molecular complexity index is 381. The van der Waals surface area contributed by atoms with Crippen LogP contribution >= 0.6 is 0 Å². The summed E-state index contributed by atoms with van der Waals surface area (Å²) >= 11 is 0. The summed E-state index contributed by atoms with van der Waals surface area (Å²) in [6, 6.07) is 6.71. The summed E-state index contributed by atoms with van der Waals surface area (Å²) in [4.78, 5) is 2.18. The number of benzene rings is 1. The fourth-order valence-electron chi connectivity index (χ4n) is 2.28. The van der Waals surface area contributed by atoms with Crippen molar-refractivity contribution in [3.05, 3.63) is 35.6 Å². The lowest BCUT2D eigenvalue weighted by atomic mass is 9.96. The van der Waals surface area contributed by atoms with Crippen molar-refractivity contribution in [3.63, 3.8) is 0 Å². The summed E-state index contributed by atoms with van der Waals surface area (Å²) in [5, 5.41) is 0. The van der Waals surface area contributed by atoms with Gasteiger partial charge in [-0.2, -0.15) is 0 Å². The van der Waals surface area contributed by atoms with Crippen LogP contribution in [0.2, 0.25) is 0 Å². The van der Waals surface area contributed by atoms with Crippen LogP contribution in [0.3, 0.4) is 0 Å². The molecule has 0 spiro atoms. The highest BCUT2D eigenvalue weighted by Gasteiger charge is 2.23. The first kappa shape index (κ1) is 17.1. The molecule has 0 heterocycles. The van der Waals surface area contributed by atoms with Crippen molar-refractivity contribution in [2.75, 3.05) is 20.2 Å². The minimum Gasteiger partial charge on any atom is -0.377 e. The largest absolute Gasteiger partial charge is 0.377 e. The number of likely N-dealkylation sites (N-methyl/N-ethyl adjacent to an activating group) is 1. The molecule has 114 valence electrons. The average molecular weight is 282 g/mol. The Labute approximate surface area is 121 Å². The van der Waals surface area contributed by atoms with Gasteiger partial charge in [0, 0.05) is 18.6 Å². The zero-order chi connectivity index (χ0) is 15.1. The van der Waals surface area contributed by atoms with Crippen LogP contribution in [0.1, 0.15) is 38.8 Å². The maximum Gasteiger partial charge on any atom is 0.123 e. The highest BCUT2D eigenvalue weighted by atomic mass is 19.1. The Morgan fingerprint density at radius 3 is 2.35 bits per heavy atom. The third-order valence-electron chi connectivity index (χ3n) is 3.46. The van der Waals surface area contributed by atoms with Crippen LogP contribution in [-0.4, -0.2) is 37.2 Å². The molecule has 0 aliphatic carbocycles. The lowest BCUT2D eigenvalue weighted by Gasteiger charge is -2.33. The SMILES string of the molecule is CCC(N)C(c1ccc(F)cc1)N(C)CCOC(C)C. The number of nitrogens with two attached hydrogens (primary N) is 1. The second-order valence-corrected chi connectivity index (χ2v) is 5.47. The van der Waals surface area contributed by atoms with E-state index < -0.39 is 0 Å². The van der Waals surface area contributed by atoms with Crippen LogP contribution in [0.25, 0.3) is 0 Å². The van der Waals surface area contributed by atoms with Crippen molar-refractivity contribution in [1.82, 2.24) is 4.90 Å². The molecular formula is C16H27FN2O. The number of rotatable bonds is 8. The zero-order valence-corrected chi connectivity index (χ0v) is 13.0. The van der Waals surface area contributed by atoms with Gasteiger partial charge in [-0.15, -0.1) is 0 Å². The molecule has 2 atom stereocenters. The second-order valence-electron chi connectivity index (χ2n) is 5.47. The molecule has 0 saturated carbocycles. The summed E-state index contributed by atoms with van der Waals surface area (Å²) in [6.45, 7) is 7.58. The van der Waals surface area contributed by atoms with Crippen LogP contribution in [0.15, 0.2) is 24.3 Å². The molecule has 3 nitrogen and oxygen atoms in total. The van der Waals surface area contributed by atoms with Crippen LogP contribution < -0.4 is 5.73 Å². The summed E-state index contributed by atoms with van der Waals surface area (Å²) in [7, 11) is 2.03. The summed E-state index contributed by atoms with van der Waals surface area (Å²) < 4.78 is 18.6. The Kier molecular flexibility index (Phi) is 7.13. The molecule has 0 aliphatic rings. The molecule has 0 saturated heterocycles. The molecule has 0 bridgehead atoms. The molecule has 1 aromatic carbocycles. The van der Waals surface area contributed by atoms with Crippen LogP contribution in [0.4, 0.5) is 4.39 Å². The lowest BCUT2D eigenvalue weighted by Crippen LogP contribution is -2.40. The van der Waals surface area contributed by atoms with E-state index in [9.17, 15) is 4.39 Å². The first-order chi connectivity index (χ1) is 9.45. The summed E-state index contributed by atoms with van der Waals surface area (Å²) in [5.41, 5.74) is 7.29. The van der Waals surface area contributed by atoms with Gasteiger partial charge in [0.25, 0.3) is 0 Å². The lowest BCUT2D eigenvalue weighted by molar-refractivity contribution is 0.0527. The molecule has 2 unspecified atom stereocenters. The molecule has 4 heteroatoms. The Morgan fingerprint density at radius 2 is 1.85 bits per heavy atom. The van der Waals surface area contributed by atoms with E-state index in [2.05, 4.69) is 11.8 Å². The van der Waals surface area contributed by atoms with Gasteiger partial charge in [-0.05, 0) is 45.0 Å². The van der Waals surface area contributed by atoms with E-state index in [4.69, 9.17) is 10.5 Å². The molecule has 0 fully saturated rings. The van der Waals surface area contributed by atoms with Crippen LogP contribution in [-0.2, 0) is 4.74 Å². The number of ether oxygens (including phenoxy) is 1. The van der Waals surface area contributed by atoms with Gasteiger partial charge in [-0.3, -0.25) is 4.90 Å². The highest BCUT2D eigenvalue weighted by molar-refractivity contribution is 5.21. The minimum atomic E-state index is -0.219. The molecule has 0 aromatic heterocycles. The van der Waals surface area contributed by atoms with E-state index in [1.807, 2.05) is 33.0 Å². The summed E-state index contributed by atoms with van der Waals surface area (Å²) in [6.07, 6.45) is 1.10. The molecule has 1 rings (SSSR count). The normalized spacial score (nSPS) is 14.8. The van der Waals surface area contributed by atoms with Crippen molar-refractivity contribution in [2.45, 2.75) is 45.4 Å². The Morgan fingerprint density at radius 1 is 1.25 bits per heavy atom. The maximum absolute atomic E-state index is 13.1. The number of hydrogen-bond acceptors (Lipinski definition) is 3. The van der Waals surface area contributed by atoms with E-state index in [1.165, 1.54) is 12.1 Å². The van der Waals surface area contributed by atoms with Gasteiger partial charge < -0.3 is 10.5 Å². The van der Waals surface area contributed by atoms with Crippen molar-refractivity contribution in [3.8, 4) is 0 Å². The monoisotopic (exact) mass is 282 g/mol. The molecular weight excluding hydrogens is 255 g/mol. The third-order valence-corrected chi connectivity index (χ3v) is 3.46. The van der Waals surface area contributed by atoms with Gasteiger partial charge in [0.2, 0.25) is 0 Å². The number of halogens is 1. The van der Waals surface area contributed by atoms with Crippen LogP contribution in [0, 0.1) is 5.82 Å². The van der Waals surface area contributed by atoms with Crippen molar-refractivity contribution >= 4 is 0 Å². The topological polar surface area (TPSA) is 38.5 Å². The third kappa shape index (κ3) is 5.19. The van der Waals surface area contributed by atoms with Gasteiger partial charge >= 0.3 is 0 Å². The standard InChI is InChI=1S/C16H27FN2O/c1-5-15(18)16(13-6-8-14(17)9-7-13)19(4)10-11-20-12(2)3/h6-9,12,15-16H,5,10-11,18H2,1-4H3. The first-order valence-electron chi connectivity index (χ1n) is 7.28. The predicted molar refractivity (Wildman–Crippen MR) is 81.1 cm³/mol. The number of hydrogen-bond donors (Lipinski definition) is 1. The summed E-state index contributed by atoms with van der Waals surface area (Å²) in [5.74, 6) is -0.219. The fourth-order valence-corrected chi connectivity index (χ4v) is 2.28. The number of nitrogens with zero attached hydrogens (tertiary/aromatic N) is 1. The molecule has 0 amide bonds. The van der Waals surface area contributed by atoms with Crippen molar-refractivity contribution in [2.24, 2.45) is 5.73 Å². The minimum absolute atomic E-state index is 0.0181. The first-order valence-corrected chi connectivity index (χ1v) is 7.28. The predicted octanol–water partition coefficient (Wildman–Crippen LogP) is 2.96. The van der Waals surface area contributed by atoms with E-state index in [0.29, 0.717) is 6.61 Å². The molecule has 0 radical (unpaired) electrons. The Balaban J connectivity index is 2.75. The molecule has 0 aliphatic heterocycles. The fraction of sp³-hybridized carbons (Fsp3) is 0.625. The van der Waals surface area contributed by atoms with E-state index >= 15 is 0 Å². The quantitative estimate of drug-likeness (QED) is 0.796. The van der Waals surface area contributed by atoms with Gasteiger partial charge in [0.15, 0.2) is 0 Å². The van der Waals surface area contributed by atoms with E-state index in [1.54, 1.807) is 0 Å². The maximum atomic E-state index is 13.1. The molecule has 2 N–H and O–H groups in total. The molecule has 1 aromatic rings. The average Bonchev–Trinajstić information content (AvgIpc) is 2.40. The second kappa shape index (κ2) is 8.35. The van der Waals surface area contributed by atoms with Gasteiger partial charge in [0.1, 0.15) is 5.82 Å². The smallest absolute Gasteiger partial charge is 0.123 e. The van der Waals surface area contributed by atoms with Gasteiger partial charge in [0.05, 0.1) is 12.7 Å². The van der Waals surface area contributed by atoms with Crippen LogP contribution in [0.5, 0.6) is 0 Å². The van der Waals surface area contributed by atoms with Crippen molar-refractivity contribution < 1.29 is 9.13 Å². The van der Waals surface area contributed by atoms with E-state index in [0.717, 1.165) is 18.5 Å². The zero-order valence-electron chi connectivity index (χ0n) is 13.0. The van der Waals surface area contributed by atoms with Crippen molar-refractivity contribution in [1.29, 1.82) is 0 Å². The van der Waals surface area contributed by atoms with Gasteiger partial charge in [-0.1, -0.05) is 19.1 Å². The Hall–Kier alpha value is -0.970. The van der Waals surface area contributed by atoms with E-state index in [-0.39, 0.29) is 24.0 Å². The van der Waals surface area contributed by atoms with Gasteiger partial charge in [-0.25, -0.2) is 4.39 Å². The molecule has 20 heavy (non-hydrogen) atoms.